The van der Waals surface area contributed by atoms with Gasteiger partial charge in [-0.1, -0.05) is 18.2 Å². The molecular weight excluding hydrogens is 477 g/mol. The second-order valence-electron chi connectivity index (χ2n) is 7.35. The molecule has 182 valence electrons. The minimum absolute atomic E-state index is 0.101. The van der Waals surface area contributed by atoms with E-state index in [1.807, 2.05) is 0 Å². The summed E-state index contributed by atoms with van der Waals surface area (Å²) in [7, 11) is 0. The molecule has 0 aliphatic carbocycles. The smallest absolute Gasteiger partial charge is 0.393 e. The van der Waals surface area contributed by atoms with Crippen molar-refractivity contribution in [3.63, 3.8) is 0 Å². The number of carbonyl (C=O) groups is 2. The van der Waals surface area contributed by atoms with E-state index in [0.29, 0.717) is 15.7 Å². The van der Waals surface area contributed by atoms with E-state index in [-0.39, 0.29) is 23.8 Å². The number of carbonyl (C=O) groups excluding carboxylic acids is 2. The number of para-hydroxylation sites is 1. The Morgan fingerprint density at radius 1 is 1.32 bits per heavy atom. The molecule has 0 fully saturated rings. The predicted molar refractivity (Wildman–Crippen MR) is 116 cm³/mol. The summed E-state index contributed by atoms with van der Waals surface area (Å²) < 4.78 is 46.2. The van der Waals surface area contributed by atoms with Gasteiger partial charge in [0.05, 0.1) is 23.4 Å². The Bertz CT molecular complexity index is 1210. The van der Waals surface area contributed by atoms with E-state index < -0.39 is 48.7 Å². The van der Waals surface area contributed by atoms with E-state index >= 15 is 0 Å². The van der Waals surface area contributed by atoms with Gasteiger partial charge in [-0.2, -0.15) is 13.2 Å². The van der Waals surface area contributed by atoms with Gasteiger partial charge < -0.3 is 20.1 Å². The Balaban J connectivity index is 1.85. The molecule has 3 aromatic rings. The maximum atomic E-state index is 13.1. The van der Waals surface area contributed by atoms with Crippen LogP contribution in [0.4, 0.5) is 13.2 Å². The van der Waals surface area contributed by atoms with Crippen molar-refractivity contribution in [2.45, 2.75) is 32.0 Å². The molecule has 0 bridgehead atoms. The molecule has 3 N–H and O–H groups in total. The lowest BCUT2D eigenvalue weighted by atomic mass is 10.1. The molecule has 2 unspecified atom stereocenters. The summed E-state index contributed by atoms with van der Waals surface area (Å²) in [6.45, 7) is 0.386. The zero-order chi connectivity index (χ0) is 25.0. The van der Waals surface area contributed by atoms with E-state index in [9.17, 15) is 32.8 Å². The molecule has 2 atom stereocenters. The molecule has 13 heteroatoms. The van der Waals surface area contributed by atoms with Crippen LogP contribution < -0.4 is 5.73 Å². The fourth-order valence-corrected chi connectivity index (χ4v) is 3.96. The van der Waals surface area contributed by atoms with Crippen LogP contribution in [0.2, 0.25) is 0 Å². The van der Waals surface area contributed by atoms with Crippen molar-refractivity contribution < 1.29 is 37.4 Å². The largest absolute Gasteiger partial charge is 0.409 e. The third-order valence-electron chi connectivity index (χ3n) is 5.05. The van der Waals surface area contributed by atoms with Crippen molar-refractivity contribution in [3.8, 4) is 0 Å². The summed E-state index contributed by atoms with van der Waals surface area (Å²) in [6.07, 6.45) is -4.50. The molecule has 0 saturated heterocycles. The average molecular weight is 499 g/mol. The number of fused-ring (bicyclic) bond motifs is 1. The van der Waals surface area contributed by atoms with Gasteiger partial charge >= 0.3 is 6.18 Å². The van der Waals surface area contributed by atoms with E-state index in [1.54, 1.807) is 31.2 Å². The monoisotopic (exact) mass is 499 g/mol. The highest BCUT2D eigenvalue weighted by Gasteiger charge is 2.39. The second-order valence-corrected chi connectivity index (χ2v) is 8.20. The number of ketones is 2. The van der Waals surface area contributed by atoms with E-state index in [4.69, 9.17) is 10.5 Å². The van der Waals surface area contributed by atoms with Crippen LogP contribution in [0.5, 0.6) is 0 Å². The molecule has 3 rings (SSSR count). The van der Waals surface area contributed by atoms with Crippen LogP contribution >= 0.6 is 11.3 Å². The predicted octanol–water partition coefficient (Wildman–Crippen LogP) is 2.59. The first-order chi connectivity index (χ1) is 16.1. The number of nitrogens with two attached hydrogens (primary N) is 1. The van der Waals surface area contributed by atoms with Crippen LogP contribution in [0.15, 0.2) is 35.8 Å². The number of nitroso groups, excluding NO2 is 1. The number of hydrogen-bond donors (Lipinski definition) is 2. The fourth-order valence-electron chi connectivity index (χ4n) is 3.16. The lowest BCUT2D eigenvalue weighted by Gasteiger charge is -2.13. The van der Waals surface area contributed by atoms with Gasteiger partial charge in [0.15, 0.2) is 11.6 Å². The number of Topliss-reactive ketones (excluding diaryl/α,β-unsaturated/α-hetero) is 1. The van der Waals surface area contributed by atoms with Gasteiger partial charge in [-0.15, -0.1) is 11.3 Å². The van der Waals surface area contributed by atoms with Gasteiger partial charge in [-0.25, -0.2) is 4.98 Å². The number of nitrogens with zero attached hydrogens (tertiary/aromatic N) is 3. The number of hydrogen-bond acceptors (Lipinski definition) is 8. The van der Waals surface area contributed by atoms with Crippen molar-refractivity contribution in [1.82, 2.24) is 9.55 Å². The SMILES string of the molecule is CC[N+](=O)CC(=O)C(CO)OCn1cc(C(=O)c2nc(C(N)C(F)(F)F)cs2)c2ccccc21. The van der Waals surface area contributed by atoms with Crippen molar-refractivity contribution in [1.29, 1.82) is 0 Å². The molecule has 9 nitrogen and oxygen atoms in total. The van der Waals surface area contributed by atoms with Crippen LogP contribution in [-0.4, -0.2) is 63.0 Å². The number of halogens is 3. The zero-order valence-corrected chi connectivity index (χ0v) is 18.8. The molecule has 0 aliphatic heterocycles. The van der Waals surface area contributed by atoms with Gasteiger partial charge in [0.25, 0.3) is 6.54 Å². The van der Waals surface area contributed by atoms with Gasteiger partial charge in [-0.3, -0.25) is 9.59 Å². The van der Waals surface area contributed by atoms with E-state index in [0.717, 1.165) is 16.7 Å². The van der Waals surface area contributed by atoms with Crippen LogP contribution in [0.3, 0.4) is 0 Å². The van der Waals surface area contributed by atoms with Crippen LogP contribution in [0.25, 0.3) is 10.9 Å². The average Bonchev–Trinajstić information content (AvgIpc) is 3.43. The fraction of sp³-hybridized carbons (Fsp3) is 0.381. The molecule has 34 heavy (non-hydrogen) atoms. The summed E-state index contributed by atoms with van der Waals surface area (Å²) in [5.41, 5.74) is 5.46. The Hall–Kier alpha value is -3.00. The standard InChI is InChI=1S/C21H22F3N4O5S/c1-2-28(32)8-16(30)17(9-29)33-11-27-7-13(12-5-3-4-6-15(12)27)18(31)20-26-14(10-34-20)19(25)21(22,23)24/h3-7,10,17,19,29H,2,8-9,11,25H2,1H3/q+1. The first-order valence-corrected chi connectivity index (χ1v) is 11.0. The number of alkyl halides is 3. The molecule has 0 aliphatic rings. The van der Waals surface area contributed by atoms with Crippen LogP contribution in [0.1, 0.15) is 34.0 Å². The number of likely N-dealkylation sites (N-methyl/N-ethyl adjacent to an activating group) is 1. The molecule has 1 aromatic carbocycles. The first kappa shape index (κ1) is 25.6. The number of ether oxygens (including phenoxy) is 1. The highest BCUT2D eigenvalue weighted by molar-refractivity contribution is 7.12. The quantitative estimate of drug-likeness (QED) is 0.307. The number of aliphatic hydroxyl groups is 1. The minimum Gasteiger partial charge on any atom is -0.393 e. The molecular formula is C21H22F3N4O5S+. The molecule has 0 spiro atoms. The van der Waals surface area contributed by atoms with Crippen LogP contribution in [-0.2, 0) is 16.3 Å². The lowest BCUT2D eigenvalue weighted by Crippen LogP contribution is -2.34. The Kier molecular flexibility index (Phi) is 7.92. The topological polar surface area (TPSA) is 128 Å². The highest BCUT2D eigenvalue weighted by Crippen LogP contribution is 2.32. The van der Waals surface area contributed by atoms with Crippen molar-refractivity contribution in [2.24, 2.45) is 5.73 Å². The molecule has 0 amide bonds. The summed E-state index contributed by atoms with van der Waals surface area (Å²) in [4.78, 5) is 40.5. The summed E-state index contributed by atoms with van der Waals surface area (Å²) in [5.74, 6) is -1.19. The number of aromatic nitrogens is 2. The van der Waals surface area contributed by atoms with Gasteiger partial charge in [0, 0.05) is 26.6 Å². The third-order valence-corrected chi connectivity index (χ3v) is 5.90. The second kappa shape index (κ2) is 10.5. The van der Waals surface area contributed by atoms with Gasteiger partial charge in [0.1, 0.15) is 18.9 Å². The third kappa shape index (κ3) is 5.55. The molecule has 0 radical (unpaired) electrons. The minimum atomic E-state index is -4.69. The Morgan fingerprint density at radius 3 is 2.68 bits per heavy atom. The maximum Gasteiger partial charge on any atom is 0.409 e. The van der Waals surface area contributed by atoms with Gasteiger partial charge in [0.2, 0.25) is 11.6 Å². The number of thiazole rings is 1. The summed E-state index contributed by atoms with van der Waals surface area (Å²) in [6, 6.07) is 4.44. The molecule has 2 aromatic heterocycles. The molecule has 0 saturated carbocycles. The number of aliphatic hydroxyl groups excluding tert-OH is 1. The van der Waals surface area contributed by atoms with Crippen molar-refractivity contribution in [3.05, 3.63) is 57.0 Å². The van der Waals surface area contributed by atoms with Crippen molar-refractivity contribution in [2.75, 3.05) is 19.7 Å². The summed E-state index contributed by atoms with van der Waals surface area (Å²) in [5, 5.41) is 10.9. The Morgan fingerprint density at radius 2 is 2.03 bits per heavy atom. The summed E-state index contributed by atoms with van der Waals surface area (Å²) >= 11 is 0.755. The molecule has 2 heterocycles. The number of benzene rings is 1. The maximum absolute atomic E-state index is 13.1. The van der Waals surface area contributed by atoms with Crippen LogP contribution in [0, 0.1) is 4.91 Å². The van der Waals surface area contributed by atoms with Gasteiger partial charge in [-0.05, 0) is 13.0 Å². The lowest BCUT2D eigenvalue weighted by molar-refractivity contribution is -0.534. The first-order valence-electron chi connectivity index (χ1n) is 10.1. The number of rotatable bonds is 11. The van der Waals surface area contributed by atoms with E-state index in [1.165, 1.54) is 10.8 Å². The Labute approximate surface area is 195 Å². The van der Waals surface area contributed by atoms with Crippen molar-refractivity contribution >= 4 is 33.8 Å². The van der Waals surface area contributed by atoms with E-state index in [2.05, 4.69) is 4.98 Å². The zero-order valence-electron chi connectivity index (χ0n) is 18.0. The normalized spacial score (nSPS) is 13.7. The highest BCUT2D eigenvalue weighted by atomic mass is 32.1.